The molecule has 0 N–H and O–H groups in total. The first kappa shape index (κ1) is 12.0. The second-order valence-corrected chi connectivity index (χ2v) is 8.78. The molecule has 0 heterocycles. The first-order valence-electron chi connectivity index (χ1n) is 5.32. The van der Waals surface area contributed by atoms with E-state index in [1.54, 1.807) is 0 Å². The Morgan fingerprint density at radius 3 is 1.75 bits per heavy atom. The van der Waals surface area contributed by atoms with Crippen LogP contribution in [0.4, 0.5) is 0 Å². The van der Waals surface area contributed by atoms with Gasteiger partial charge < -0.3 is 0 Å². The number of rotatable bonds is 7. The van der Waals surface area contributed by atoms with E-state index in [1.165, 1.54) is 37.8 Å². The maximum absolute atomic E-state index is 4.00. The molecule has 0 rings (SSSR count). The van der Waals surface area contributed by atoms with Gasteiger partial charge in [-0.05, 0) is 0 Å². The quantitative estimate of drug-likeness (QED) is 0.515. The van der Waals surface area contributed by atoms with Crippen molar-refractivity contribution in [3.63, 3.8) is 0 Å². The molecule has 0 bridgehead atoms. The van der Waals surface area contributed by atoms with Crippen molar-refractivity contribution >= 4 is 8.07 Å². The van der Waals surface area contributed by atoms with Crippen LogP contribution in [0.5, 0.6) is 0 Å². The second-order valence-electron chi connectivity index (χ2n) is 4.07. The van der Waals surface area contributed by atoms with Crippen LogP contribution >= 0.6 is 0 Å². The van der Waals surface area contributed by atoms with Crippen molar-refractivity contribution in [3.8, 4) is 0 Å². The van der Waals surface area contributed by atoms with Crippen molar-refractivity contribution in [1.29, 1.82) is 0 Å². The molecule has 0 aromatic carbocycles. The third-order valence-corrected chi connectivity index (χ3v) is 6.67. The number of hydrogen-bond acceptors (Lipinski definition) is 0. The Bertz CT molecular complexity index is 110. The molecule has 0 aliphatic heterocycles. The third-order valence-electron chi connectivity index (χ3n) is 2.70. The molecule has 1 heteroatoms. The van der Waals surface area contributed by atoms with Gasteiger partial charge in [0.2, 0.25) is 0 Å². The summed E-state index contributed by atoms with van der Waals surface area (Å²) in [5.74, 6) is 0. The van der Waals surface area contributed by atoms with Crippen LogP contribution in [0.15, 0.2) is 12.3 Å². The molecule has 0 aromatic rings. The van der Waals surface area contributed by atoms with E-state index in [9.17, 15) is 0 Å². The molecule has 72 valence electrons. The first-order valence-corrected chi connectivity index (χ1v) is 8.31. The molecule has 0 saturated carbocycles. The molecule has 0 nitrogen and oxygen atoms in total. The smallest absolute Gasteiger partial charge is 0.0740 e. The normalized spacial score (nSPS) is 11.6. The predicted molar refractivity (Wildman–Crippen MR) is 61.2 cm³/mol. The van der Waals surface area contributed by atoms with E-state index >= 15 is 0 Å². The van der Waals surface area contributed by atoms with Gasteiger partial charge in [0, 0.05) is 0 Å². The van der Waals surface area contributed by atoms with Crippen LogP contribution in [0, 0.1) is 0 Å². The van der Waals surface area contributed by atoms with E-state index in [0.29, 0.717) is 0 Å². The van der Waals surface area contributed by atoms with Crippen molar-refractivity contribution in [2.24, 2.45) is 0 Å². The summed E-state index contributed by atoms with van der Waals surface area (Å²) in [6.45, 7) is 11.0. The molecule has 0 amide bonds. The predicted octanol–water partition coefficient (Wildman–Crippen LogP) is 4.39. The van der Waals surface area contributed by atoms with E-state index in [1.807, 2.05) is 0 Å². The van der Waals surface area contributed by atoms with Gasteiger partial charge in [-0.2, -0.15) is 0 Å². The molecule has 0 aliphatic carbocycles. The lowest BCUT2D eigenvalue weighted by Crippen LogP contribution is -2.26. The molecule has 0 aromatic heterocycles. The van der Waals surface area contributed by atoms with Crippen molar-refractivity contribution in [1.82, 2.24) is 0 Å². The molecule has 0 radical (unpaired) electrons. The lowest BCUT2D eigenvalue weighted by molar-refractivity contribution is 0.834. The lowest BCUT2D eigenvalue weighted by atomic mass is 10.4. The first-order chi connectivity index (χ1) is 5.68. The molecule has 0 unspecified atom stereocenters. The van der Waals surface area contributed by atoms with E-state index in [2.05, 4.69) is 32.7 Å². The molecule has 0 saturated heterocycles. The van der Waals surface area contributed by atoms with Gasteiger partial charge in [0.1, 0.15) is 0 Å². The zero-order valence-electron chi connectivity index (χ0n) is 9.03. The van der Waals surface area contributed by atoms with E-state index in [-0.39, 0.29) is 0 Å². The van der Waals surface area contributed by atoms with Crippen molar-refractivity contribution in [2.75, 3.05) is 0 Å². The summed E-state index contributed by atoms with van der Waals surface area (Å²) in [6, 6.07) is 2.90. The molecule has 0 atom stereocenters. The molecular formula is C11H24Si. The SMILES string of the molecule is C=C[Si](C)(CCCC)CCCC. The minimum Gasteiger partial charge on any atom is -0.107 e. The summed E-state index contributed by atoms with van der Waals surface area (Å²) in [6.07, 6.45) is 5.47. The summed E-state index contributed by atoms with van der Waals surface area (Å²) in [5, 5.41) is 0. The average molecular weight is 184 g/mol. The Hall–Kier alpha value is -0.0431. The summed E-state index contributed by atoms with van der Waals surface area (Å²) in [4.78, 5) is 0. The van der Waals surface area contributed by atoms with Gasteiger partial charge in [-0.15, -0.1) is 12.3 Å². The molecule has 12 heavy (non-hydrogen) atoms. The Morgan fingerprint density at radius 2 is 1.50 bits per heavy atom. The Labute approximate surface area is 79.1 Å². The highest BCUT2D eigenvalue weighted by Crippen LogP contribution is 2.22. The fourth-order valence-electron chi connectivity index (χ4n) is 1.49. The fraction of sp³-hybridized carbons (Fsp3) is 0.818. The fourth-order valence-corrected chi connectivity index (χ4v) is 4.47. The van der Waals surface area contributed by atoms with Crippen LogP contribution in [0.25, 0.3) is 0 Å². The Kier molecular flexibility index (Phi) is 6.45. The van der Waals surface area contributed by atoms with Crippen LogP contribution in [0.2, 0.25) is 18.6 Å². The van der Waals surface area contributed by atoms with Crippen LogP contribution < -0.4 is 0 Å². The minimum absolute atomic E-state index is 1.00. The van der Waals surface area contributed by atoms with Gasteiger partial charge in [-0.1, -0.05) is 58.2 Å². The van der Waals surface area contributed by atoms with Crippen LogP contribution in [-0.4, -0.2) is 8.07 Å². The maximum atomic E-state index is 4.00. The van der Waals surface area contributed by atoms with E-state index in [0.717, 1.165) is 0 Å². The third kappa shape index (κ3) is 4.76. The van der Waals surface area contributed by atoms with Crippen LogP contribution in [-0.2, 0) is 0 Å². The van der Waals surface area contributed by atoms with Crippen molar-refractivity contribution in [2.45, 2.75) is 58.2 Å². The summed E-state index contributed by atoms with van der Waals surface area (Å²) in [5.41, 5.74) is 2.29. The van der Waals surface area contributed by atoms with Gasteiger partial charge in [-0.25, -0.2) is 0 Å². The van der Waals surface area contributed by atoms with Gasteiger partial charge in [0.25, 0.3) is 0 Å². The van der Waals surface area contributed by atoms with E-state index in [4.69, 9.17) is 0 Å². The Balaban J connectivity index is 3.78. The molecule has 0 fully saturated rings. The zero-order valence-corrected chi connectivity index (χ0v) is 10.0. The molecular weight excluding hydrogens is 160 g/mol. The minimum atomic E-state index is -1.00. The monoisotopic (exact) mass is 184 g/mol. The molecule has 0 aliphatic rings. The van der Waals surface area contributed by atoms with Gasteiger partial charge >= 0.3 is 0 Å². The van der Waals surface area contributed by atoms with E-state index < -0.39 is 8.07 Å². The topological polar surface area (TPSA) is 0 Å². The maximum Gasteiger partial charge on any atom is 0.0740 e. The van der Waals surface area contributed by atoms with Crippen molar-refractivity contribution < 1.29 is 0 Å². The van der Waals surface area contributed by atoms with Crippen LogP contribution in [0.3, 0.4) is 0 Å². The standard InChI is InChI=1S/C11H24Si/c1-5-8-10-12(4,7-3)11-9-6-2/h7H,3,5-6,8-11H2,1-2,4H3. The highest BCUT2D eigenvalue weighted by atomic mass is 28.3. The summed E-state index contributed by atoms with van der Waals surface area (Å²) < 4.78 is 0. The van der Waals surface area contributed by atoms with Crippen molar-refractivity contribution in [3.05, 3.63) is 12.3 Å². The number of unbranched alkanes of at least 4 members (excludes halogenated alkanes) is 2. The molecule has 0 spiro atoms. The lowest BCUT2D eigenvalue weighted by Gasteiger charge is -2.22. The highest BCUT2D eigenvalue weighted by Gasteiger charge is 2.20. The summed E-state index contributed by atoms with van der Waals surface area (Å²) >= 11 is 0. The summed E-state index contributed by atoms with van der Waals surface area (Å²) in [7, 11) is -1.00. The Morgan fingerprint density at radius 1 is 1.08 bits per heavy atom. The zero-order chi connectivity index (χ0) is 9.45. The van der Waals surface area contributed by atoms with Gasteiger partial charge in [0.05, 0.1) is 8.07 Å². The highest BCUT2D eigenvalue weighted by molar-refractivity contribution is 6.83. The van der Waals surface area contributed by atoms with Gasteiger partial charge in [-0.3, -0.25) is 0 Å². The number of hydrogen-bond donors (Lipinski definition) is 0. The second kappa shape index (κ2) is 6.47. The van der Waals surface area contributed by atoms with Gasteiger partial charge in [0.15, 0.2) is 0 Å². The van der Waals surface area contributed by atoms with Crippen LogP contribution in [0.1, 0.15) is 39.5 Å². The average Bonchev–Trinajstić information content (AvgIpc) is 2.11. The largest absolute Gasteiger partial charge is 0.107 e.